The highest BCUT2D eigenvalue weighted by molar-refractivity contribution is 9.10. The predicted molar refractivity (Wildman–Crippen MR) is 103 cm³/mol. The Labute approximate surface area is 172 Å². The lowest BCUT2D eigenvalue weighted by atomic mass is 10.0. The number of carbonyl (C=O) groups excluding carboxylic acids is 1. The maximum atomic E-state index is 13.9. The molecule has 0 aliphatic carbocycles. The lowest BCUT2D eigenvalue weighted by Gasteiger charge is -2.13. The number of amides is 1. The fourth-order valence-electron chi connectivity index (χ4n) is 2.63. The molecule has 2 aromatic carbocycles. The third-order valence-corrected chi connectivity index (χ3v) is 4.92. The van der Waals surface area contributed by atoms with Gasteiger partial charge in [0.2, 0.25) is 6.10 Å². The lowest BCUT2D eigenvalue weighted by Crippen LogP contribution is -2.28. The monoisotopic (exact) mass is 474 g/mol. The van der Waals surface area contributed by atoms with E-state index in [0.717, 1.165) is 6.07 Å². The van der Waals surface area contributed by atoms with Crippen molar-refractivity contribution in [2.75, 3.05) is 19.5 Å². The summed E-state index contributed by atoms with van der Waals surface area (Å²) >= 11 is 9.17. The molecule has 0 radical (unpaired) electrons. The molecule has 3 rings (SSSR count). The van der Waals surface area contributed by atoms with E-state index in [-0.39, 0.29) is 16.6 Å². The first-order valence-corrected chi connectivity index (χ1v) is 9.11. The first-order valence-electron chi connectivity index (χ1n) is 7.94. The number of hydrogen-bond donors (Lipinski definition) is 1. The number of oxime groups is 1. The fourth-order valence-corrected chi connectivity index (χ4v) is 3.38. The minimum atomic E-state index is -1.00. The van der Waals surface area contributed by atoms with Crippen molar-refractivity contribution in [2.24, 2.45) is 5.16 Å². The van der Waals surface area contributed by atoms with Crippen LogP contribution in [0.4, 0.5) is 14.5 Å². The third-order valence-electron chi connectivity index (χ3n) is 4.00. The zero-order chi connectivity index (χ0) is 20.4. The topological polar surface area (TPSA) is 69.1 Å². The van der Waals surface area contributed by atoms with Crippen molar-refractivity contribution in [3.05, 3.63) is 51.0 Å². The van der Waals surface area contributed by atoms with Crippen molar-refractivity contribution in [2.45, 2.75) is 12.5 Å². The number of hydrogen-bond acceptors (Lipinski definition) is 5. The van der Waals surface area contributed by atoms with Gasteiger partial charge >= 0.3 is 0 Å². The van der Waals surface area contributed by atoms with Gasteiger partial charge in [0.1, 0.15) is 17.3 Å². The molecule has 0 saturated heterocycles. The highest BCUT2D eigenvalue weighted by Gasteiger charge is 2.31. The zero-order valence-electron chi connectivity index (χ0n) is 14.7. The van der Waals surface area contributed by atoms with Crippen LogP contribution < -0.4 is 14.8 Å². The Morgan fingerprint density at radius 3 is 2.61 bits per heavy atom. The van der Waals surface area contributed by atoms with E-state index in [9.17, 15) is 13.6 Å². The van der Waals surface area contributed by atoms with Crippen molar-refractivity contribution in [1.29, 1.82) is 0 Å². The maximum absolute atomic E-state index is 13.9. The second kappa shape index (κ2) is 8.32. The van der Waals surface area contributed by atoms with E-state index < -0.39 is 23.6 Å². The van der Waals surface area contributed by atoms with Gasteiger partial charge in [0.25, 0.3) is 5.91 Å². The first kappa shape index (κ1) is 20.3. The minimum Gasteiger partial charge on any atom is -0.496 e. The molecule has 1 amide bonds. The van der Waals surface area contributed by atoms with Crippen molar-refractivity contribution < 1.29 is 27.9 Å². The third kappa shape index (κ3) is 4.05. The summed E-state index contributed by atoms with van der Waals surface area (Å²) in [5.74, 6) is -1.45. The van der Waals surface area contributed by atoms with Crippen LogP contribution in [0.2, 0.25) is 5.02 Å². The minimum absolute atomic E-state index is 0.0705. The van der Waals surface area contributed by atoms with Crippen LogP contribution in [0.25, 0.3) is 0 Å². The molecule has 10 heteroatoms. The number of rotatable bonds is 5. The van der Waals surface area contributed by atoms with E-state index in [1.807, 2.05) is 0 Å². The van der Waals surface area contributed by atoms with Crippen molar-refractivity contribution in [1.82, 2.24) is 0 Å². The molecule has 0 fully saturated rings. The average Bonchev–Trinajstić information content (AvgIpc) is 3.14. The molecule has 1 aliphatic rings. The Morgan fingerprint density at radius 1 is 1.25 bits per heavy atom. The summed E-state index contributed by atoms with van der Waals surface area (Å²) in [7, 11) is 2.95. The molecule has 0 aromatic heterocycles. The van der Waals surface area contributed by atoms with E-state index in [1.165, 1.54) is 14.2 Å². The highest BCUT2D eigenvalue weighted by Crippen LogP contribution is 2.35. The van der Waals surface area contributed by atoms with E-state index >= 15 is 0 Å². The average molecular weight is 476 g/mol. The molecule has 28 heavy (non-hydrogen) atoms. The van der Waals surface area contributed by atoms with Gasteiger partial charge in [0, 0.05) is 28.6 Å². The molecule has 0 saturated carbocycles. The van der Waals surface area contributed by atoms with Gasteiger partial charge < -0.3 is 19.6 Å². The Kier molecular flexibility index (Phi) is 6.04. The summed E-state index contributed by atoms with van der Waals surface area (Å²) in [6.07, 6.45) is -0.900. The van der Waals surface area contributed by atoms with Crippen LogP contribution in [0.15, 0.2) is 33.9 Å². The highest BCUT2D eigenvalue weighted by atomic mass is 79.9. The quantitative estimate of drug-likeness (QED) is 0.690. The fraction of sp³-hybridized carbons (Fsp3) is 0.222. The Balaban J connectivity index is 1.77. The Bertz CT molecular complexity index is 948. The van der Waals surface area contributed by atoms with Crippen LogP contribution in [0.3, 0.4) is 0 Å². The summed E-state index contributed by atoms with van der Waals surface area (Å²) in [4.78, 5) is 17.6. The largest absolute Gasteiger partial charge is 0.496 e. The summed E-state index contributed by atoms with van der Waals surface area (Å²) in [5.41, 5.74) is 0.784. The van der Waals surface area contributed by atoms with Crippen LogP contribution in [-0.2, 0) is 9.63 Å². The molecule has 0 bridgehead atoms. The normalized spacial score (nSPS) is 15.6. The number of ether oxygens (including phenoxy) is 2. The molecule has 2 aromatic rings. The number of nitrogens with one attached hydrogen (secondary N) is 1. The van der Waals surface area contributed by atoms with E-state index in [1.54, 1.807) is 12.1 Å². The molecule has 0 spiro atoms. The Morgan fingerprint density at radius 2 is 1.96 bits per heavy atom. The zero-order valence-corrected chi connectivity index (χ0v) is 17.0. The van der Waals surface area contributed by atoms with Crippen molar-refractivity contribution in [3.8, 4) is 11.5 Å². The number of nitrogens with zero attached hydrogens (tertiary/aromatic N) is 1. The lowest BCUT2D eigenvalue weighted by molar-refractivity contribution is -0.125. The number of anilines is 1. The van der Waals surface area contributed by atoms with Crippen LogP contribution >= 0.6 is 27.5 Å². The molecule has 1 aliphatic heterocycles. The Hall–Kier alpha value is -2.39. The maximum Gasteiger partial charge on any atom is 0.268 e. The molecule has 0 unspecified atom stereocenters. The van der Waals surface area contributed by atoms with Crippen molar-refractivity contribution in [3.63, 3.8) is 0 Å². The second-order valence-electron chi connectivity index (χ2n) is 5.76. The molecular weight excluding hydrogens is 462 g/mol. The van der Waals surface area contributed by atoms with Crippen molar-refractivity contribution >= 4 is 44.8 Å². The van der Waals surface area contributed by atoms with Crippen LogP contribution in [0.1, 0.15) is 12.0 Å². The summed E-state index contributed by atoms with van der Waals surface area (Å²) < 4.78 is 37.6. The summed E-state index contributed by atoms with van der Waals surface area (Å²) in [6.45, 7) is 0. The van der Waals surface area contributed by atoms with Gasteiger partial charge in [0.05, 0.1) is 30.6 Å². The summed E-state index contributed by atoms with van der Waals surface area (Å²) in [6, 6.07) is 4.90. The number of carbonyl (C=O) groups is 1. The molecular formula is C18H14BrClF2N2O4. The summed E-state index contributed by atoms with van der Waals surface area (Å²) in [5, 5.41) is 6.64. The van der Waals surface area contributed by atoms with Gasteiger partial charge in [-0.3, -0.25) is 4.79 Å². The second-order valence-corrected chi connectivity index (χ2v) is 7.02. The van der Waals surface area contributed by atoms with Crippen LogP contribution in [-0.4, -0.2) is 31.9 Å². The standard InChI is InChI=1S/C18H14BrClF2N2O4/c1-26-14-7-15(27-2)11(20)5-9(14)13-6-16(28-24-13)18(25)23-17-10(19)3-8(21)4-12(17)22/h3-5,7,16H,6H2,1-2H3,(H,23,25)/t16-/m0/s1. The van der Waals surface area contributed by atoms with Gasteiger partial charge in [-0.2, -0.15) is 0 Å². The molecule has 1 heterocycles. The number of benzene rings is 2. The van der Waals surface area contributed by atoms with Crippen LogP contribution in [0, 0.1) is 11.6 Å². The smallest absolute Gasteiger partial charge is 0.268 e. The number of methoxy groups -OCH3 is 2. The van der Waals surface area contributed by atoms with Gasteiger partial charge in [0.15, 0.2) is 5.82 Å². The predicted octanol–water partition coefficient (Wildman–Crippen LogP) is 4.53. The number of halogens is 4. The molecule has 148 valence electrons. The van der Waals surface area contributed by atoms with E-state index in [0.29, 0.717) is 33.9 Å². The van der Waals surface area contributed by atoms with Crippen LogP contribution in [0.5, 0.6) is 11.5 Å². The van der Waals surface area contributed by atoms with Gasteiger partial charge in [-0.1, -0.05) is 16.8 Å². The van der Waals surface area contributed by atoms with Gasteiger partial charge in [-0.15, -0.1) is 0 Å². The molecule has 1 N–H and O–H groups in total. The van der Waals surface area contributed by atoms with E-state index in [2.05, 4.69) is 26.4 Å². The van der Waals surface area contributed by atoms with E-state index in [4.69, 9.17) is 25.9 Å². The van der Waals surface area contributed by atoms with Gasteiger partial charge in [-0.05, 0) is 28.1 Å². The SMILES string of the molecule is COc1cc(OC)c(C2=NO[C@H](C(=O)Nc3c(F)cc(F)cc3Br)C2)cc1Cl. The van der Waals surface area contributed by atoms with Gasteiger partial charge in [-0.25, -0.2) is 8.78 Å². The molecule has 6 nitrogen and oxygen atoms in total. The molecule has 1 atom stereocenters. The first-order chi connectivity index (χ1) is 13.3.